The molecule has 4 rings (SSSR count). The summed E-state index contributed by atoms with van der Waals surface area (Å²) in [6, 6.07) is 4.02. The average Bonchev–Trinajstić information content (AvgIpc) is 3.00. The maximum Gasteiger partial charge on any atom is 0.205 e. The van der Waals surface area contributed by atoms with E-state index in [9.17, 15) is 19.7 Å². The van der Waals surface area contributed by atoms with Gasteiger partial charge in [-0.1, -0.05) is 12.2 Å². The predicted octanol–water partition coefficient (Wildman–Crippen LogP) is 1.89. The van der Waals surface area contributed by atoms with E-state index in [1.54, 1.807) is 13.8 Å². The van der Waals surface area contributed by atoms with Crippen molar-refractivity contribution in [2.75, 3.05) is 0 Å². The first-order valence-electron chi connectivity index (χ1n) is 7.75. The van der Waals surface area contributed by atoms with Crippen molar-refractivity contribution in [3.8, 4) is 17.4 Å². The van der Waals surface area contributed by atoms with E-state index in [0.717, 1.165) is 10.6 Å². The second-order valence-corrected chi connectivity index (χ2v) is 7.36. The van der Waals surface area contributed by atoms with E-state index >= 15 is 0 Å². The molecule has 8 heteroatoms. The van der Waals surface area contributed by atoms with Crippen LogP contribution in [-0.2, 0) is 15.9 Å². The summed E-state index contributed by atoms with van der Waals surface area (Å²) >= 11 is 4.78. The molecule has 25 heavy (non-hydrogen) atoms. The first-order valence-corrected chi connectivity index (χ1v) is 8.16. The minimum Gasteiger partial charge on any atom is -0.494 e. The highest BCUT2D eigenvalue weighted by Gasteiger charge is 2.64. The number of aliphatic hydroxyl groups is 1. The van der Waals surface area contributed by atoms with Crippen LogP contribution in [-0.4, -0.2) is 31.0 Å². The Hall–Kier alpha value is -2.16. The smallest absolute Gasteiger partial charge is 0.205 e. The number of ether oxygens (including phenoxy) is 1. The Balaban J connectivity index is 1.95. The molecule has 0 aliphatic carbocycles. The SMILES string of the molecule is CC12C[C@H](O)C(C)(O1)c1c2c(O)n(-c2ccc(C(N)=S)c(F)c2)c1O. The zero-order chi connectivity index (χ0) is 18.3. The van der Waals surface area contributed by atoms with Gasteiger partial charge in [-0.05, 0) is 32.0 Å². The van der Waals surface area contributed by atoms with Crippen LogP contribution in [0.4, 0.5) is 4.39 Å². The van der Waals surface area contributed by atoms with Crippen LogP contribution in [0.3, 0.4) is 0 Å². The van der Waals surface area contributed by atoms with Gasteiger partial charge in [0.1, 0.15) is 16.4 Å². The fourth-order valence-electron chi connectivity index (χ4n) is 4.12. The van der Waals surface area contributed by atoms with Gasteiger partial charge in [0.25, 0.3) is 0 Å². The van der Waals surface area contributed by atoms with E-state index in [1.807, 2.05) is 0 Å². The van der Waals surface area contributed by atoms with Gasteiger partial charge in [-0.2, -0.15) is 0 Å². The van der Waals surface area contributed by atoms with Crippen molar-refractivity contribution in [2.24, 2.45) is 5.73 Å². The molecular formula is C17H17FN2O4S. The Bertz CT molecular complexity index is 943. The van der Waals surface area contributed by atoms with Crippen LogP contribution >= 0.6 is 12.2 Å². The second-order valence-electron chi connectivity index (χ2n) is 6.92. The number of aromatic hydroxyl groups is 2. The standard InChI is InChI=1S/C17H17FN2O4S/c1-16-6-10(21)17(2,24-16)12-11(16)14(22)20(15(12)23)7-3-4-8(13(19)25)9(18)5-7/h3-5,10,21-23H,6H2,1-2H3,(H2,19,25)/t10-,16?,17?/m0/s1. The minimum atomic E-state index is -1.13. The maximum atomic E-state index is 14.2. The Labute approximate surface area is 148 Å². The number of nitrogens with two attached hydrogens (primary N) is 1. The molecule has 0 amide bonds. The summed E-state index contributed by atoms with van der Waals surface area (Å²) in [6.07, 6.45) is -0.526. The number of aliphatic hydroxyl groups excluding tert-OH is 1. The molecule has 3 atom stereocenters. The highest BCUT2D eigenvalue weighted by atomic mass is 32.1. The van der Waals surface area contributed by atoms with E-state index in [1.165, 1.54) is 12.1 Å². The number of fused-ring (bicyclic) bond motifs is 5. The van der Waals surface area contributed by atoms with Crippen LogP contribution in [0.25, 0.3) is 5.69 Å². The number of benzene rings is 1. The summed E-state index contributed by atoms with van der Waals surface area (Å²) in [7, 11) is 0. The third kappa shape index (κ3) is 1.87. The molecule has 2 unspecified atom stereocenters. The summed E-state index contributed by atoms with van der Waals surface area (Å²) in [5, 5.41) is 31.7. The quantitative estimate of drug-likeness (QED) is 0.607. The summed E-state index contributed by atoms with van der Waals surface area (Å²) in [5.74, 6) is -1.19. The number of nitrogens with zero attached hydrogens (tertiary/aromatic N) is 1. The van der Waals surface area contributed by atoms with Crippen molar-refractivity contribution in [1.82, 2.24) is 4.57 Å². The zero-order valence-corrected chi connectivity index (χ0v) is 14.4. The van der Waals surface area contributed by atoms with Gasteiger partial charge in [0.2, 0.25) is 11.8 Å². The third-order valence-corrected chi connectivity index (χ3v) is 5.50. The summed E-state index contributed by atoms with van der Waals surface area (Å²) in [4.78, 5) is -0.0814. The molecule has 1 aromatic heterocycles. The highest BCUT2D eigenvalue weighted by Crippen LogP contribution is 2.64. The van der Waals surface area contributed by atoms with E-state index in [0.29, 0.717) is 17.5 Å². The first kappa shape index (κ1) is 16.3. The number of hydrogen-bond acceptors (Lipinski definition) is 5. The van der Waals surface area contributed by atoms with Crippen molar-refractivity contribution < 1.29 is 24.4 Å². The van der Waals surface area contributed by atoms with E-state index in [-0.39, 0.29) is 28.0 Å². The van der Waals surface area contributed by atoms with E-state index in [2.05, 4.69) is 0 Å². The topological polar surface area (TPSA) is 101 Å². The molecule has 132 valence electrons. The fraction of sp³-hybridized carbons (Fsp3) is 0.353. The van der Waals surface area contributed by atoms with Crippen molar-refractivity contribution in [3.63, 3.8) is 0 Å². The Kier molecular flexibility index (Phi) is 3.08. The van der Waals surface area contributed by atoms with Crippen LogP contribution < -0.4 is 5.73 Å². The number of aromatic nitrogens is 1. The van der Waals surface area contributed by atoms with Crippen molar-refractivity contribution in [3.05, 3.63) is 40.7 Å². The lowest BCUT2D eigenvalue weighted by Gasteiger charge is -2.25. The number of halogens is 1. The van der Waals surface area contributed by atoms with Crippen LogP contribution in [0, 0.1) is 5.82 Å². The van der Waals surface area contributed by atoms with Crippen molar-refractivity contribution in [2.45, 2.75) is 37.6 Å². The average molecular weight is 364 g/mol. The molecule has 6 nitrogen and oxygen atoms in total. The lowest BCUT2D eigenvalue weighted by Crippen LogP contribution is -2.32. The van der Waals surface area contributed by atoms with Gasteiger partial charge in [-0.3, -0.25) is 4.57 Å². The molecule has 1 fully saturated rings. The van der Waals surface area contributed by atoms with Gasteiger partial charge in [0, 0.05) is 12.0 Å². The van der Waals surface area contributed by atoms with Gasteiger partial charge in [0.15, 0.2) is 0 Å². The largest absolute Gasteiger partial charge is 0.494 e. The van der Waals surface area contributed by atoms with Gasteiger partial charge < -0.3 is 25.8 Å². The van der Waals surface area contributed by atoms with E-state index in [4.69, 9.17) is 22.7 Å². The van der Waals surface area contributed by atoms with Gasteiger partial charge in [-0.25, -0.2) is 4.39 Å². The normalized spacial score (nSPS) is 29.8. The van der Waals surface area contributed by atoms with Crippen molar-refractivity contribution >= 4 is 17.2 Å². The van der Waals surface area contributed by atoms with Crippen LogP contribution in [0.1, 0.15) is 37.0 Å². The second kappa shape index (κ2) is 4.72. The first-order chi connectivity index (χ1) is 11.6. The highest BCUT2D eigenvalue weighted by molar-refractivity contribution is 7.80. The molecule has 2 aliphatic rings. The summed E-state index contributed by atoms with van der Waals surface area (Å²) in [6.45, 7) is 3.40. The molecule has 0 radical (unpaired) electrons. The Morgan fingerprint density at radius 3 is 2.56 bits per heavy atom. The van der Waals surface area contributed by atoms with Gasteiger partial charge >= 0.3 is 0 Å². The fourth-order valence-corrected chi connectivity index (χ4v) is 4.28. The van der Waals surface area contributed by atoms with Crippen molar-refractivity contribution in [1.29, 1.82) is 0 Å². The summed E-state index contributed by atoms with van der Waals surface area (Å²) in [5.41, 5.74) is 4.43. The lowest BCUT2D eigenvalue weighted by atomic mass is 9.78. The molecule has 5 N–H and O–H groups in total. The van der Waals surface area contributed by atoms with Gasteiger partial charge in [0.05, 0.1) is 28.5 Å². The molecular weight excluding hydrogens is 347 g/mol. The van der Waals surface area contributed by atoms with E-state index < -0.39 is 23.1 Å². The van der Waals surface area contributed by atoms with Crippen LogP contribution in [0.2, 0.25) is 0 Å². The molecule has 2 bridgehead atoms. The summed E-state index contributed by atoms with van der Waals surface area (Å²) < 4.78 is 21.3. The molecule has 2 aromatic rings. The Morgan fingerprint density at radius 2 is 1.96 bits per heavy atom. The van der Waals surface area contributed by atoms with Gasteiger partial charge in [-0.15, -0.1) is 0 Å². The number of hydrogen-bond donors (Lipinski definition) is 4. The van der Waals surface area contributed by atoms with Crippen LogP contribution in [0.15, 0.2) is 18.2 Å². The number of thiocarbonyl (C=S) groups is 1. The number of rotatable bonds is 2. The Morgan fingerprint density at radius 1 is 1.32 bits per heavy atom. The predicted molar refractivity (Wildman–Crippen MR) is 91.4 cm³/mol. The molecule has 2 aliphatic heterocycles. The molecule has 0 spiro atoms. The molecule has 0 saturated carbocycles. The maximum absolute atomic E-state index is 14.2. The zero-order valence-electron chi connectivity index (χ0n) is 13.6. The lowest BCUT2D eigenvalue weighted by molar-refractivity contribution is -0.0936. The molecule has 3 heterocycles. The van der Waals surface area contributed by atoms with Crippen LogP contribution in [0.5, 0.6) is 11.8 Å². The molecule has 1 aromatic carbocycles. The molecule has 1 saturated heterocycles. The third-order valence-electron chi connectivity index (χ3n) is 5.28. The minimum absolute atomic E-state index is 0.0789. The monoisotopic (exact) mass is 364 g/mol.